The van der Waals surface area contributed by atoms with E-state index >= 15 is 0 Å². The SMILES string of the molecule is [C-]#[N+]C(C)(C)c1ccc(-c2cncc(-c3cc(Cl)cc(Cl)c3)c2N2CCC(NCC)CC2)cc1. The zero-order valence-electron chi connectivity index (χ0n) is 19.9. The molecule has 2 heterocycles. The van der Waals surface area contributed by atoms with Crippen LogP contribution in [0.5, 0.6) is 0 Å². The van der Waals surface area contributed by atoms with Gasteiger partial charge in [-0.1, -0.05) is 54.4 Å². The lowest BCUT2D eigenvalue weighted by Gasteiger charge is -2.36. The van der Waals surface area contributed by atoms with E-state index in [9.17, 15) is 0 Å². The van der Waals surface area contributed by atoms with Crippen molar-refractivity contribution in [1.82, 2.24) is 10.3 Å². The Morgan fingerprint density at radius 3 is 2.15 bits per heavy atom. The first-order chi connectivity index (χ1) is 16.3. The second kappa shape index (κ2) is 10.4. The molecule has 4 nitrogen and oxygen atoms in total. The average molecular weight is 493 g/mol. The molecule has 0 radical (unpaired) electrons. The number of nitrogens with one attached hydrogen (secondary N) is 1. The first-order valence-corrected chi connectivity index (χ1v) is 12.5. The van der Waals surface area contributed by atoms with Gasteiger partial charge < -0.3 is 15.1 Å². The standard InChI is InChI=1S/C28H30Cl2N4/c1-5-33-24-10-12-34(13-11-24)27-25(19-6-8-21(9-7-19)28(2,3)31-4)17-32-18-26(27)20-14-22(29)16-23(30)15-20/h6-9,14-18,24,33H,5,10-13H2,1-3H3. The number of rotatable bonds is 6. The fraction of sp³-hybridized carbons (Fsp3) is 0.357. The van der Waals surface area contributed by atoms with Crippen molar-refractivity contribution < 1.29 is 0 Å². The maximum atomic E-state index is 7.51. The van der Waals surface area contributed by atoms with Crippen LogP contribution in [-0.4, -0.2) is 30.7 Å². The minimum Gasteiger partial charge on any atom is -0.370 e. The van der Waals surface area contributed by atoms with Crippen molar-refractivity contribution in [3.63, 3.8) is 0 Å². The van der Waals surface area contributed by atoms with Gasteiger partial charge in [0.1, 0.15) is 0 Å². The third kappa shape index (κ3) is 5.23. The number of piperidine rings is 1. The van der Waals surface area contributed by atoms with Crippen LogP contribution in [0.4, 0.5) is 5.69 Å². The van der Waals surface area contributed by atoms with Crippen molar-refractivity contribution in [3.8, 4) is 22.3 Å². The number of nitrogens with zero attached hydrogens (tertiary/aromatic N) is 3. The van der Waals surface area contributed by atoms with Gasteiger partial charge in [-0.15, -0.1) is 0 Å². The molecule has 1 saturated heterocycles. The Morgan fingerprint density at radius 2 is 1.59 bits per heavy atom. The van der Waals surface area contributed by atoms with Crippen LogP contribution in [-0.2, 0) is 5.54 Å². The summed E-state index contributed by atoms with van der Waals surface area (Å²) in [5, 5.41) is 4.81. The van der Waals surface area contributed by atoms with E-state index in [2.05, 4.69) is 51.2 Å². The summed E-state index contributed by atoms with van der Waals surface area (Å²) in [5.41, 5.74) is 5.74. The Bertz CT molecular complexity index is 1170. The fourth-order valence-electron chi connectivity index (χ4n) is 4.64. The van der Waals surface area contributed by atoms with Crippen molar-refractivity contribution in [1.29, 1.82) is 0 Å². The first-order valence-electron chi connectivity index (χ1n) is 11.7. The highest BCUT2D eigenvalue weighted by Crippen LogP contribution is 2.41. The number of aromatic nitrogens is 1. The molecule has 6 heteroatoms. The van der Waals surface area contributed by atoms with Gasteiger partial charge in [-0.3, -0.25) is 4.98 Å². The second-order valence-corrected chi connectivity index (χ2v) is 10.2. The van der Waals surface area contributed by atoms with Crippen LogP contribution in [0.25, 0.3) is 27.1 Å². The Balaban J connectivity index is 1.81. The molecule has 176 valence electrons. The summed E-state index contributed by atoms with van der Waals surface area (Å²) in [6, 6.07) is 14.5. The average Bonchev–Trinajstić information content (AvgIpc) is 2.84. The maximum absolute atomic E-state index is 7.51. The minimum atomic E-state index is -0.548. The molecule has 0 bridgehead atoms. The molecule has 2 aromatic carbocycles. The molecule has 0 amide bonds. The third-order valence-electron chi connectivity index (χ3n) is 6.58. The van der Waals surface area contributed by atoms with E-state index in [0.717, 1.165) is 66.0 Å². The summed E-state index contributed by atoms with van der Waals surface area (Å²) in [6.45, 7) is 16.5. The number of hydrogen-bond acceptors (Lipinski definition) is 3. The lowest BCUT2D eigenvalue weighted by atomic mass is 9.91. The van der Waals surface area contributed by atoms with Gasteiger partial charge in [0.15, 0.2) is 0 Å². The molecule has 0 saturated carbocycles. The monoisotopic (exact) mass is 492 g/mol. The Morgan fingerprint density at radius 1 is 1.00 bits per heavy atom. The molecule has 1 aliphatic heterocycles. The van der Waals surface area contributed by atoms with Crippen molar-refractivity contribution in [2.75, 3.05) is 24.5 Å². The molecule has 0 spiro atoms. The molecular weight excluding hydrogens is 463 g/mol. The number of hydrogen-bond donors (Lipinski definition) is 1. The lowest BCUT2D eigenvalue weighted by molar-refractivity contribution is 0.424. The van der Waals surface area contributed by atoms with Gasteiger partial charge in [0.25, 0.3) is 5.54 Å². The summed E-state index contributed by atoms with van der Waals surface area (Å²) in [7, 11) is 0. The number of pyridine rings is 1. The summed E-state index contributed by atoms with van der Waals surface area (Å²) in [5.74, 6) is 0. The van der Waals surface area contributed by atoms with Crippen LogP contribution in [0.15, 0.2) is 54.9 Å². The van der Waals surface area contributed by atoms with Crippen molar-refractivity contribution in [2.45, 2.75) is 45.2 Å². The smallest absolute Gasteiger partial charge is 0.252 e. The van der Waals surface area contributed by atoms with Crippen LogP contribution in [0, 0.1) is 6.57 Å². The minimum absolute atomic E-state index is 0.547. The van der Waals surface area contributed by atoms with Crippen LogP contribution < -0.4 is 10.2 Å². The summed E-state index contributed by atoms with van der Waals surface area (Å²) in [6.07, 6.45) is 6.02. The molecule has 1 aliphatic rings. The molecule has 34 heavy (non-hydrogen) atoms. The molecule has 4 rings (SSSR count). The van der Waals surface area contributed by atoms with E-state index in [1.807, 2.05) is 38.4 Å². The predicted molar refractivity (Wildman–Crippen MR) is 144 cm³/mol. The Kier molecular flexibility index (Phi) is 7.48. The third-order valence-corrected chi connectivity index (χ3v) is 7.01. The maximum Gasteiger partial charge on any atom is 0.252 e. The first kappa shape index (κ1) is 24.5. The van der Waals surface area contributed by atoms with Gasteiger partial charge in [-0.25, -0.2) is 6.57 Å². The molecule has 1 fully saturated rings. The second-order valence-electron chi connectivity index (χ2n) is 9.31. The molecule has 1 N–H and O–H groups in total. The molecule has 1 aromatic heterocycles. The largest absolute Gasteiger partial charge is 0.370 e. The highest BCUT2D eigenvalue weighted by molar-refractivity contribution is 6.35. The topological polar surface area (TPSA) is 32.5 Å². The molecule has 0 unspecified atom stereocenters. The molecule has 0 atom stereocenters. The molecular formula is C28H30Cl2N4. The van der Waals surface area contributed by atoms with Gasteiger partial charge >= 0.3 is 0 Å². The van der Waals surface area contributed by atoms with E-state index in [-0.39, 0.29) is 0 Å². The predicted octanol–water partition coefficient (Wildman–Crippen LogP) is 7.46. The van der Waals surface area contributed by atoms with Crippen molar-refractivity contribution >= 4 is 28.9 Å². The van der Waals surface area contributed by atoms with E-state index < -0.39 is 5.54 Å². The number of benzene rings is 2. The van der Waals surface area contributed by atoms with Crippen molar-refractivity contribution in [3.05, 3.63) is 81.9 Å². The Hall–Kier alpha value is -2.58. The van der Waals surface area contributed by atoms with Crippen LogP contribution in [0.1, 0.15) is 39.2 Å². The van der Waals surface area contributed by atoms with Crippen LogP contribution >= 0.6 is 23.2 Å². The van der Waals surface area contributed by atoms with E-state index in [4.69, 9.17) is 29.8 Å². The van der Waals surface area contributed by atoms with Gasteiger partial charge in [0.05, 0.1) is 5.69 Å². The number of halogens is 2. The summed E-state index contributed by atoms with van der Waals surface area (Å²) in [4.78, 5) is 10.8. The highest BCUT2D eigenvalue weighted by Gasteiger charge is 2.27. The zero-order valence-corrected chi connectivity index (χ0v) is 21.4. The normalized spacial score (nSPS) is 14.8. The van der Waals surface area contributed by atoms with Gasteiger partial charge in [0, 0.05) is 72.1 Å². The van der Waals surface area contributed by atoms with Crippen molar-refractivity contribution in [2.24, 2.45) is 0 Å². The fourth-order valence-corrected chi connectivity index (χ4v) is 5.17. The molecule has 3 aromatic rings. The summed E-state index contributed by atoms with van der Waals surface area (Å²) < 4.78 is 0. The van der Waals surface area contributed by atoms with Gasteiger partial charge in [0.2, 0.25) is 0 Å². The van der Waals surface area contributed by atoms with E-state index in [1.165, 1.54) is 0 Å². The lowest BCUT2D eigenvalue weighted by Crippen LogP contribution is -2.42. The van der Waals surface area contributed by atoms with E-state index in [0.29, 0.717) is 16.1 Å². The quantitative estimate of drug-likeness (QED) is 0.362. The van der Waals surface area contributed by atoms with Crippen LogP contribution in [0.2, 0.25) is 10.0 Å². The Labute approximate surface area is 212 Å². The zero-order chi connectivity index (χ0) is 24.3. The highest BCUT2D eigenvalue weighted by atomic mass is 35.5. The van der Waals surface area contributed by atoms with Gasteiger partial charge in [-0.05, 0) is 48.7 Å². The number of anilines is 1. The molecule has 0 aliphatic carbocycles. The van der Waals surface area contributed by atoms with E-state index in [1.54, 1.807) is 6.07 Å². The van der Waals surface area contributed by atoms with Crippen LogP contribution in [0.3, 0.4) is 0 Å². The van der Waals surface area contributed by atoms with Gasteiger partial charge in [-0.2, -0.15) is 0 Å². The summed E-state index contributed by atoms with van der Waals surface area (Å²) >= 11 is 12.7.